The third-order valence-electron chi connectivity index (χ3n) is 3.95. The maximum absolute atomic E-state index is 11.8. The zero-order valence-corrected chi connectivity index (χ0v) is 14.1. The predicted octanol–water partition coefficient (Wildman–Crippen LogP) is 2.46. The number of amides is 1. The van der Waals surface area contributed by atoms with Crippen LogP contribution in [0.15, 0.2) is 24.3 Å². The van der Waals surface area contributed by atoms with Gasteiger partial charge in [0, 0.05) is 13.1 Å². The number of nitrogens with one attached hydrogen (secondary N) is 1. The normalized spacial score (nSPS) is 15.7. The summed E-state index contributed by atoms with van der Waals surface area (Å²) in [6.07, 6.45) is 5.21. The van der Waals surface area contributed by atoms with E-state index in [0.29, 0.717) is 18.9 Å². The summed E-state index contributed by atoms with van der Waals surface area (Å²) in [5.74, 6) is 1.41. The third kappa shape index (κ3) is 6.91. The van der Waals surface area contributed by atoms with E-state index in [9.17, 15) is 4.79 Å². The lowest BCUT2D eigenvalue weighted by atomic mass is 10.2. The molecule has 1 saturated heterocycles. The molecule has 1 aromatic carbocycles. The first kappa shape index (κ1) is 17.6. The Labute approximate surface area is 139 Å². The third-order valence-corrected chi connectivity index (χ3v) is 3.95. The molecule has 128 valence electrons. The van der Waals surface area contributed by atoms with E-state index in [0.717, 1.165) is 25.4 Å². The van der Waals surface area contributed by atoms with Gasteiger partial charge in [0.2, 0.25) is 0 Å². The van der Waals surface area contributed by atoms with Crippen LogP contribution in [-0.2, 0) is 4.79 Å². The van der Waals surface area contributed by atoms with Gasteiger partial charge in [-0.2, -0.15) is 0 Å². The summed E-state index contributed by atoms with van der Waals surface area (Å²) < 4.78 is 10.8. The van der Waals surface area contributed by atoms with Gasteiger partial charge in [-0.15, -0.1) is 0 Å². The van der Waals surface area contributed by atoms with Gasteiger partial charge in [-0.05, 0) is 57.1 Å². The molecular weight excluding hydrogens is 292 g/mol. The molecule has 1 aliphatic rings. The van der Waals surface area contributed by atoms with Crippen LogP contribution in [0, 0.1) is 0 Å². The highest BCUT2D eigenvalue weighted by molar-refractivity contribution is 5.77. The van der Waals surface area contributed by atoms with Crippen LogP contribution in [0.4, 0.5) is 0 Å². The van der Waals surface area contributed by atoms with Crippen LogP contribution in [0.25, 0.3) is 0 Å². The minimum atomic E-state index is -0.0753. The zero-order valence-electron chi connectivity index (χ0n) is 14.1. The van der Waals surface area contributed by atoms with Crippen LogP contribution in [-0.4, -0.2) is 50.2 Å². The number of carbonyl (C=O) groups excluding carboxylic acids is 1. The minimum absolute atomic E-state index is 0.0496. The fraction of sp³-hybridized carbons (Fsp3) is 0.611. The highest BCUT2D eigenvalue weighted by Gasteiger charge is 2.09. The number of nitrogens with zero attached hydrogens (tertiary/aromatic N) is 1. The molecule has 5 nitrogen and oxygen atoms in total. The number of likely N-dealkylation sites (tertiary alicyclic amines) is 1. The molecule has 0 bridgehead atoms. The second-order valence-corrected chi connectivity index (χ2v) is 5.80. The summed E-state index contributed by atoms with van der Waals surface area (Å²) in [7, 11) is 0. The molecule has 1 fully saturated rings. The van der Waals surface area contributed by atoms with Crippen molar-refractivity contribution in [1.82, 2.24) is 10.2 Å². The van der Waals surface area contributed by atoms with Crippen molar-refractivity contribution in [3.63, 3.8) is 0 Å². The van der Waals surface area contributed by atoms with Crippen LogP contribution in [0.3, 0.4) is 0 Å². The van der Waals surface area contributed by atoms with Crippen molar-refractivity contribution >= 4 is 5.91 Å². The average molecular weight is 320 g/mol. The fourth-order valence-electron chi connectivity index (χ4n) is 2.71. The molecule has 2 rings (SSSR count). The van der Waals surface area contributed by atoms with Crippen molar-refractivity contribution in [1.29, 1.82) is 0 Å². The Morgan fingerprint density at radius 1 is 1.04 bits per heavy atom. The largest absolute Gasteiger partial charge is 0.494 e. The molecule has 5 heteroatoms. The van der Waals surface area contributed by atoms with Gasteiger partial charge in [-0.3, -0.25) is 4.79 Å². The van der Waals surface area contributed by atoms with Crippen molar-refractivity contribution in [2.75, 3.05) is 39.4 Å². The molecule has 0 atom stereocenters. The Kier molecular flexibility index (Phi) is 7.73. The molecule has 1 amide bonds. The Morgan fingerprint density at radius 3 is 2.26 bits per heavy atom. The molecule has 0 unspecified atom stereocenters. The van der Waals surface area contributed by atoms with Crippen LogP contribution in [0.1, 0.15) is 32.6 Å². The Bertz CT molecular complexity index is 454. The Balaban J connectivity index is 1.60. The van der Waals surface area contributed by atoms with Gasteiger partial charge in [0.25, 0.3) is 5.91 Å². The standard InChI is InChI=1S/C18H28N2O3/c1-2-22-16-7-9-17(10-8-16)23-15-18(21)19-11-14-20-12-5-3-4-6-13-20/h7-10H,2-6,11-15H2,1H3,(H,19,21). The Hall–Kier alpha value is -1.75. The van der Waals surface area contributed by atoms with Crippen LogP contribution in [0.2, 0.25) is 0 Å². The second kappa shape index (κ2) is 10.1. The number of hydrogen-bond acceptors (Lipinski definition) is 4. The molecule has 0 aliphatic carbocycles. The first-order chi connectivity index (χ1) is 11.3. The van der Waals surface area contributed by atoms with Gasteiger partial charge in [0.05, 0.1) is 6.61 Å². The van der Waals surface area contributed by atoms with Gasteiger partial charge in [0.1, 0.15) is 11.5 Å². The van der Waals surface area contributed by atoms with E-state index in [-0.39, 0.29) is 12.5 Å². The van der Waals surface area contributed by atoms with Crippen LogP contribution < -0.4 is 14.8 Å². The first-order valence-corrected chi connectivity index (χ1v) is 8.62. The molecule has 1 aliphatic heterocycles. The number of rotatable bonds is 8. The SMILES string of the molecule is CCOc1ccc(OCC(=O)NCCN2CCCCCC2)cc1. The lowest BCUT2D eigenvalue weighted by Gasteiger charge is -2.19. The predicted molar refractivity (Wildman–Crippen MR) is 91.0 cm³/mol. The van der Waals surface area contributed by atoms with Gasteiger partial charge in [-0.25, -0.2) is 0 Å². The lowest BCUT2D eigenvalue weighted by Crippen LogP contribution is -2.37. The summed E-state index contributed by atoms with van der Waals surface area (Å²) in [4.78, 5) is 14.2. The summed E-state index contributed by atoms with van der Waals surface area (Å²) >= 11 is 0. The molecule has 1 heterocycles. The van der Waals surface area contributed by atoms with E-state index in [1.807, 2.05) is 31.2 Å². The second-order valence-electron chi connectivity index (χ2n) is 5.80. The molecule has 1 N–H and O–H groups in total. The molecule has 0 aromatic heterocycles. The van der Waals surface area contributed by atoms with Crippen molar-refractivity contribution in [3.8, 4) is 11.5 Å². The van der Waals surface area contributed by atoms with E-state index in [1.165, 1.54) is 25.7 Å². The number of benzene rings is 1. The van der Waals surface area contributed by atoms with Crippen LogP contribution in [0.5, 0.6) is 11.5 Å². The summed E-state index contributed by atoms with van der Waals surface area (Å²) in [6.45, 7) is 6.55. The first-order valence-electron chi connectivity index (χ1n) is 8.62. The van der Waals surface area contributed by atoms with Gasteiger partial charge in [-0.1, -0.05) is 12.8 Å². The van der Waals surface area contributed by atoms with E-state index in [2.05, 4.69) is 10.2 Å². The molecule has 1 aromatic rings. The maximum Gasteiger partial charge on any atom is 0.257 e. The zero-order chi connectivity index (χ0) is 16.3. The molecular formula is C18H28N2O3. The van der Waals surface area contributed by atoms with E-state index >= 15 is 0 Å². The van der Waals surface area contributed by atoms with E-state index in [4.69, 9.17) is 9.47 Å². The molecule has 0 radical (unpaired) electrons. The number of ether oxygens (including phenoxy) is 2. The van der Waals surface area contributed by atoms with Gasteiger partial charge < -0.3 is 19.7 Å². The summed E-state index contributed by atoms with van der Waals surface area (Å²) in [5.41, 5.74) is 0. The van der Waals surface area contributed by atoms with E-state index < -0.39 is 0 Å². The highest BCUT2D eigenvalue weighted by atomic mass is 16.5. The average Bonchev–Trinajstić information content (AvgIpc) is 2.83. The van der Waals surface area contributed by atoms with E-state index in [1.54, 1.807) is 0 Å². The Morgan fingerprint density at radius 2 is 1.65 bits per heavy atom. The summed E-state index contributed by atoms with van der Waals surface area (Å²) in [5, 5.41) is 2.92. The molecule has 0 spiro atoms. The van der Waals surface area contributed by atoms with Crippen LogP contribution >= 0.6 is 0 Å². The number of hydrogen-bond donors (Lipinski definition) is 1. The molecule has 0 saturated carbocycles. The summed E-state index contributed by atoms with van der Waals surface area (Å²) in [6, 6.07) is 7.32. The number of carbonyl (C=O) groups is 1. The van der Waals surface area contributed by atoms with Crippen molar-refractivity contribution in [3.05, 3.63) is 24.3 Å². The fourth-order valence-corrected chi connectivity index (χ4v) is 2.71. The molecule has 23 heavy (non-hydrogen) atoms. The maximum atomic E-state index is 11.8. The van der Waals surface area contributed by atoms with Crippen molar-refractivity contribution in [2.24, 2.45) is 0 Å². The lowest BCUT2D eigenvalue weighted by molar-refractivity contribution is -0.123. The smallest absolute Gasteiger partial charge is 0.257 e. The topological polar surface area (TPSA) is 50.8 Å². The van der Waals surface area contributed by atoms with Crippen molar-refractivity contribution < 1.29 is 14.3 Å². The monoisotopic (exact) mass is 320 g/mol. The highest BCUT2D eigenvalue weighted by Crippen LogP contribution is 2.17. The quantitative estimate of drug-likeness (QED) is 0.799. The van der Waals surface area contributed by atoms with Gasteiger partial charge >= 0.3 is 0 Å². The minimum Gasteiger partial charge on any atom is -0.494 e. The van der Waals surface area contributed by atoms with Gasteiger partial charge in [0.15, 0.2) is 6.61 Å². The van der Waals surface area contributed by atoms with Crippen molar-refractivity contribution in [2.45, 2.75) is 32.6 Å².